The Bertz CT molecular complexity index is 803. The molecule has 5 nitrogen and oxygen atoms in total. The molecular formula is C24H34N4O. The summed E-state index contributed by atoms with van der Waals surface area (Å²) in [6.07, 6.45) is 0. The van der Waals surface area contributed by atoms with Gasteiger partial charge in [0.15, 0.2) is 0 Å². The fourth-order valence-electron chi connectivity index (χ4n) is 3.98. The van der Waals surface area contributed by atoms with E-state index < -0.39 is 0 Å². The van der Waals surface area contributed by atoms with Crippen LogP contribution in [0, 0.1) is 13.8 Å². The molecule has 1 aliphatic rings. The molecule has 2 aromatic rings. The third kappa shape index (κ3) is 5.58. The Morgan fingerprint density at radius 2 is 1.59 bits per heavy atom. The summed E-state index contributed by atoms with van der Waals surface area (Å²) in [5, 5.41) is 3.19. The van der Waals surface area contributed by atoms with Gasteiger partial charge in [-0.25, -0.2) is 0 Å². The van der Waals surface area contributed by atoms with Crippen molar-refractivity contribution in [3.63, 3.8) is 0 Å². The maximum atomic E-state index is 12.8. The zero-order chi connectivity index (χ0) is 21.0. The Morgan fingerprint density at radius 1 is 1.00 bits per heavy atom. The number of likely N-dealkylation sites (N-methyl/N-ethyl adjacent to an activating group) is 1. The van der Waals surface area contributed by atoms with E-state index in [9.17, 15) is 4.79 Å². The van der Waals surface area contributed by atoms with Gasteiger partial charge in [0, 0.05) is 58.1 Å². The van der Waals surface area contributed by atoms with Crippen LogP contribution >= 0.6 is 0 Å². The van der Waals surface area contributed by atoms with Crippen molar-refractivity contribution in [1.82, 2.24) is 15.1 Å². The molecule has 1 aliphatic heterocycles. The van der Waals surface area contributed by atoms with Crippen molar-refractivity contribution in [3.8, 4) is 0 Å². The number of anilines is 1. The Morgan fingerprint density at radius 3 is 2.14 bits per heavy atom. The van der Waals surface area contributed by atoms with Crippen LogP contribution in [0.1, 0.15) is 33.1 Å². The van der Waals surface area contributed by atoms with Crippen LogP contribution in [0.3, 0.4) is 0 Å². The lowest BCUT2D eigenvalue weighted by molar-refractivity contribution is 0.0886. The van der Waals surface area contributed by atoms with Crippen LogP contribution in [-0.2, 0) is 0 Å². The smallest absolute Gasteiger partial charge is 0.251 e. The van der Waals surface area contributed by atoms with E-state index in [2.05, 4.69) is 71.5 Å². The number of rotatable bonds is 6. The van der Waals surface area contributed by atoms with Gasteiger partial charge in [0.1, 0.15) is 0 Å². The summed E-state index contributed by atoms with van der Waals surface area (Å²) < 4.78 is 0. The van der Waals surface area contributed by atoms with E-state index in [4.69, 9.17) is 0 Å². The first-order valence-corrected chi connectivity index (χ1v) is 10.4. The molecule has 1 saturated heterocycles. The highest BCUT2D eigenvalue weighted by molar-refractivity contribution is 5.94. The molecule has 3 rings (SSSR count). The van der Waals surface area contributed by atoms with Crippen molar-refractivity contribution in [2.45, 2.75) is 19.9 Å². The largest absolute Gasteiger partial charge is 0.378 e. The van der Waals surface area contributed by atoms with Gasteiger partial charge in [0.2, 0.25) is 0 Å². The summed E-state index contributed by atoms with van der Waals surface area (Å²) in [4.78, 5) is 19.8. The Hall–Kier alpha value is -2.37. The first-order valence-electron chi connectivity index (χ1n) is 10.4. The number of piperazine rings is 1. The molecule has 0 bridgehead atoms. The van der Waals surface area contributed by atoms with Gasteiger partial charge < -0.3 is 15.1 Å². The first kappa shape index (κ1) is 21.3. The summed E-state index contributed by atoms with van der Waals surface area (Å²) in [5.74, 6) is 0.000777. The van der Waals surface area contributed by atoms with E-state index in [0.29, 0.717) is 6.54 Å². The van der Waals surface area contributed by atoms with Gasteiger partial charge in [0.05, 0.1) is 6.04 Å². The first-order chi connectivity index (χ1) is 13.8. The molecule has 0 aliphatic carbocycles. The zero-order valence-corrected chi connectivity index (χ0v) is 18.4. The normalized spacial score (nSPS) is 16.4. The minimum Gasteiger partial charge on any atom is -0.378 e. The topological polar surface area (TPSA) is 38.8 Å². The number of nitrogens with one attached hydrogen (secondary N) is 1. The average molecular weight is 395 g/mol. The molecule has 29 heavy (non-hydrogen) atoms. The van der Waals surface area contributed by atoms with Gasteiger partial charge in [-0.05, 0) is 50.7 Å². The second kappa shape index (κ2) is 9.42. The number of carbonyl (C=O) groups excluding carboxylic acids is 1. The highest BCUT2D eigenvalue weighted by Crippen LogP contribution is 2.24. The number of amides is 1. The van der Waals surface area contributed by atoms with E-state index in [1.165, 1.54) is 11.3 Å². The highest BCUT2D eigenvalue weighted by Gasteiger charge is 2.24. The van der Waals surface area contributed by atoms with Crippen molar-refractivity contribution < 1.29 is 4.79 Å². The SMILES string of the molecule is Cc1cc(C)cc(C(=O)NCC(c2ccc(N(C)C)cc2)N2CCN(C)CC2)c1. The van der Waals surface area contributed by atoms with Gasteiger partial charge in [-0.15, -0.1) is 0 Å². The van der Waals surface area contributed by atoms with E-state index in [0.717, 1.165) is 42.9 Å². The van der Waals surface area contributed by atoms with Crippen LogP contribution in [0.4, 0.5) is 5.69 Å². The van der Waals surface area contributed by atoms with E-state index >= 15 is 0 Å². The quantitative estimate of drug-likeness (QED) is 0.817. The second-order valence-electron chi connectivity index (χ2n) is 8.43. The zero-order valence-electron chi connectivity index (χ0n) is 18.4. The fraction of sp³-hybridized carbons (Fsp3) is 0.458. The van der Waals surface area contributed by atoms with Crippen molar-refractivity contribution in [2.75, 3.05) is 58.8 Å². The molecule has 5 heteroatoms. The van der Waals surface area contributed by atoms with E-state index in [-0.39, 0.29) is 11.9 Å². The van der Waals surface area contributed by atoms with Crippen LogP contribution in [-0.4, -0.2) is 69.6 Å². The lowest BCUT2D eigenvalue weighted by Gasteiger charge is -2.38. The van der Waals surface area contributed by atoms with Crippen LogP contribution < -0.4 is 10.2 Å². The minimum absolute atomic E-state index is 0.000777. The van der Waals surface area contributed by atoms with Gasteiger partial charge in [-0.1, -0.05) is 29.3 Å². The maximum Gasteiger partial charge on any atom is 0.251 e. The molecule has 156 valence electrons. The fourth-order valence-corrected chi connectivity index (χ4v) is 3.98. The average Bonchev–Trinajstić information content (AvgIpc) is 2.69. The van der Waals surface area contributed by atoms with Gasteiger partial charge in [-0.2, -0.15) is 0 Å². The Kier molecular flexibility index (Phi) is 6.93. The Balaban J connectivity index is 1.76. The number of benzene rings is 2. The van der Waals surface area contributed by atoms with Crippen molar-refractivity contribution in [1.29, 1.82) is 0 Å². The predicted octanol–water partition coefficient (Wildman–Crippen LogP) is 3.09. The maximum absolute atomic E-state index is 12.8. The third-order valence-electron chi connectivity index (χ3n) is 5.71. The Labute approximate surface area is 175 Å². The molecule has 1 fully saturated rings. The molecule has 1 unspecified atom stereocenters. The molecule has 1 atom stereocenters. The number of nitrogens with zero attached hydrogens (tertiary/aromatic N) is 3. The number of hydrogen-bond donors (Lipinski definition) is 1. The van der Waals surface area contributed by atoms with Crippen LogP contribution in [0.5, 0.6) is 0 Å². The summed E-state index contributed by atoms with van der Waals surface area (Å²) >= 11 is 0. The monoisotopic (exact) mass is 394 g/mol. The molecule has 1 N–H and O–H groups in total. The van der Waals surface area contributed by atoms with E-state index in [1.54, 1.807) is 0 Å². The molecule has 0 spiro atoms. The molecule has 0 radical (unpaired) electrons. The second-order valence-corrected chi connectivity index (χ2v) is 8.43. The van der Waals surface area contributed by atoms with Crippen LogP contribution in [0.2, 0.25) is 0 Å². The summed E-state index contributed by atoms with van der Waals surface area (Å²) in [5.41, 5.74) is 5.41. The molecular weight excluding hydrogens is 360 g/mol. The van der Waals surface area contributed by atoms with Gasteiger partial charge in [-0.3, -0.25) is 9.69 Å². The van der Waals surface area contributed by atoms with Gasteiger partial charge >= 0.3 is 0 Å². The number of carbonyl (C=O) groups is 1. The number of hydrogen-bond acceptors (Lipinski definition) is 4. The van der Waals surface area contributed by atoms with Gasteiger partial charge in [0.25, 0.3) is 5.91 Å². The summed E-state index contributed by atoms with van der Waals surface area (Å²) in [7, 11) is 6.27. The lowest BCUT2D eigenvalue weighted by Crippen LogP contribution is -2.48. The molecule has 2 aromatic carbocycles. The van der Waals surface area contributed by atoms with Crippen molar-refractivity contribution in [3.05, 3.63) is 64.7 Å². The predicted molar refractivity (Wildman–Crippen MR) is 121 cm³/mol. The summed E-state index contributed by atoms with van der Waals surface area (Å²) in [6, 6.07) is 14.9. The minimum atomic E-state index is 0.000777. The molecule has 1 heterocycles. The molecule has 0 aromatic heterocycles. The standard InChI is InChI=1S/C24H34N4O/c1-18-14-19(2)16-21(15-18)24(29)25-17-23(28-12-10-27(5)11-13-28)20-6-8-22(9-7-20)26(3)4/h6-9,14-16,23H,10-13,17H2,1-5H3,(H,25,29). The number of aryl methyl sites for hydroxylation is 2. The molecule has 0 saturated carbocycles. The highest BCUT2D eigenvalue weighted by atomic mass is 16.1. The van der Waals surface area contributed by atoms with Crippen molar-refractivity contribution >= 4 is 11.6 Å². The van der Waals surface area contributed by atoms with E-state index in [1.807, 2.05) is 26.0 Å². The van der Waals surface area contributed by atoms with Crippen LogP contribution in [0.25, 0.3) is 0 Å². The molecule has 1 amide bonds. The van der Waals surface area contributed by atoms with Crippen molar-refractivity contribution in [2.24, 2.45) is 0 Å². The third-order valence-corrected chi connectivity index (χ3v) is 5.71. The summed E-state index contributed by atoms with van der Waals surface area (Å²) in [6.45, 7) is 8.80. The lowest BCUT2D eigenvalue weighted by atomic mass is 10.0. The van der Waals surface area contributed by atoms with Crippen LogP contribution in [0.15, 0.2) is 42.5 Å².